The van der Waals surface area contributed by atoms with Gasteiger partial charge >= 0.3 is 6.18 Å². The number of carbonyl (C=O) groups excluding carboxylic acids is 1. The molecule has 0 atom stereocenters. The van der Waals surface area contributed by atoms with E-state index in [0.29, 0.717) is 39.0 Å². The molecule has 1 amide bonds. The summed E-state index contributed by atoms with van der Waals surface area (Å²) in [5, 5.41) is 11.2. The van der Waals surface area contributed by atoms with Gasteiger partial charge in [-0.2, -0.15) is 18.3 Å². The molecular formula is C31H24BrF3N4O3S. The van der Waals surface area contributed by atoms with E-state index in [9.17, 15) is 18.0 Å². The van der Waals surface area contributed by atoms with Gasteiger partial charge < -0.3 is 14.8 Å². The van der Waals surface area contributed by atoms with E-state index in [-0.39, 0.29) is 12.1 Å². The van der Waals surface area contributed by atoms with Crippen molar-refractivity contribution in [3.05, 3.63) is 111 Å². The quantitative estimate of drug-likeness (QED) is 0.116. The molecule has 0 aliphatic heterocycles. The number of benzene rings is 4. The van der Waals surface area contributed by atoms with E-state index < -0.39 is 17.6 Å². The van der Waals surface area contributed by atoms with Gasteiger partial charge in [0.1, 0.15) is 6.61 Å². The maximum Gasteiger partial charge on any atom is 0.416 e. The average molecular weight is 670 g/mol. The highest BCUT2D eigenvalue weighted by molar-refractivity contribution is 9.10. The number of amides is 1. The SMILES string of the molecule is COc1cc(/C=N\NC(=O)Cc2csc(Nc3cccc(C(F)(F)F)c3)n2)c(Br)cc1OCc1ccc2ccccc2c1. The smallest absolute Gasteiger partial charge is 0.416 e. The Bertz CT molecular complexity index is 1790. The van der Waals surface area contributed by atoms with Crippen molar-refractivity contribution in [2.45, 2.75) is 19.2 Å². The van der Waals surface area contributed by atoms with Gasteiger partial charge in [-0.3, -0.25) is 4.79 Å². The van der Waals surface area contributed by atoms with Gasteiger partial charge in [-0.05, 0) is 68.7 Å². The Morgan fingerprint density at radius 3 is 2.63 bits per heavy atom. The average Bonchev–Trinajstić information content (AvgIpc) is 3.42. The first-order chi connectivity index (χ1) is 20.7. The summed E-state index contributed by atoms with van der Waals surface area (Å²) in [6.07, 6.45) is -3.04. The molecule has 0 bridgehead atoms. The highest BCUT2D eigenvalue weighted by Crippen LogP contribution is 2.34. The number of carbonyl (C=O) groups is 1. The molecule has 0 unspecified atom stereocenters. The van der Waals surface area contributed by atoms with Crippen LogP contribution in [0.5, 0.6) is 11.5 Å². The first kappa shape index (κ1) is 30.1. The molecule has 0 radical (unpaired) electrons. The number of alkyl halides is 3. The maximum absolute atomic E-state index is 13.0. The summed E-state index contributed by atoms with van der Waals surface area (Å²) in [6.45, 7) is 0.352. The Hall–Kier alpha value is -4.42. The molecule has 220 valence electrons. The van der Waals surface area contributed by atoms with Gasteiger partial charge in [-0.25, -0.2) is 10.4 Å². The predicted molar refractivity (Wildman–Crippen MR) is 165 cm³/mol. The number of methoxy groups -OCH3 is 1. The predicted octanol–water partition coefficient (Wildman–Crippen LogP) is 8.10. The van der Waals surface area contributed by atoms with Crippen LogP contribution in [-0.4, -0.2) is 24.2 Å². The Morgan fingerprint density at radius 2 is 1.84 bits per heavy atom. The Kier molecular flexibility index (Phi) is 9.27. The van der Waals surface area contributed by atoms with Crippen molar-refractivity contribution in [2.75, 3.05) is 12.4 Å². The lowest BCUT2D eigenvalue weighted by Gasteiger charge is -2.13. The molecule has 0 spiro atoms. The zero-order valence-electron chi connectivity index (χ0n) is 22.6. The Morgan fingerprint density at radius 1 is 1.02 bits per heavy atom. The molecule has 0 saturated heterocycles. The van der Waals surface area contributed by atoms with Crippen molar-refractivity contribution in [3.8, 4) is 11.5 Å². The first-order valence-electron chi connectivity index (χ1n) is 12.9. The summed E-state index contributed by atoms with van der Waals surface area (Å²) in [4.78, 5) is 16.7. The van der Waals surface area contributed by atoms with Crippen LogP contribution in [-0.2, 0) is 24.0 Å². The Labute approximate surface area is 257 Å². The standard InChI is InChI=1S/C31H24BrF3N4O3S/c1-41-27-12-22(26(32)15-28(27)42-17-19-9-10-20-5-2-3-6-21(20)11-19)16-36-39-29(40)14-25-18-43-30(38-25)37-24-8-4-7-23(13-24)31(33,34)35/h2-13,15-16,18H,14,17H2,1H3,(H,37,38)(H,39,40)/b36-16-. The third-order valence-corrected chi connectivity index (χ3v) is 7.71. The van der Waals surface area contributed by atoms with Gasteiger partial charge in [0.05, 0.1) is 31.0 Å². The lowest BCUT2D eigenvalue weighted by Crippen LogP contribution is -2.20. The largest absolute Gasteiger partial charge is 0.493 e. The third kappa shape index (κ3) is 7.90. The van der Waals surface area contributed by atoms with Crippen LogP contribution in [0, 0.1) is 0 Å². The summed E-state index contributed by atoms with van der Waals surface area (Å²) in [5.74, 6) is 0.632. The zero-order valence-corrected chi connectivity index (χ0v) is 25.0. The zero-order chi connectivity index (χ0) is 30.4. The number of anilines is 2. The number of hydrazone groups is 1. The van der Waals surface area contributed by atoms with Crippen LogP contribution in [0.4, 0.5) is 24.0 Å². The molecule has 7 nitrogen and oxygen atoms in total. The molecule has 5 aromatic rings. The fourth-order valence-electron chi connectivity index (χ4n) is 4.13. The van der Waals surface area contributed by atoms with E-state index in [1.807, 2.05) is 18.2 Å². The third-order valence-electron chi connectivity index (χ3n) is 6.22. The van der Waals surface area contributed by atoms with Gasteiger partial charge in [0.2, 0.25) is 5.91 Å². The van der Waals surface area contributed by atoms with Crippen LogP contribution in [0.1, 0.15) is 22.4 Å². The van der Waals surface area contributed by atoms with Gasteiger partial charge in [0.25, 0.3) is 0 Å². The number of hydrogen-bond acceptors (Lipinski definition) is 7. The number of hydrogen-bond donors (Lipinski definition) is 2. The summed E-state index contributed by atoms with van der Waals surface area (Å²) in [7, 11) is 1.54. The number of fused-ring (bicyclic) bond motifs is 1. The lowest BCUT2D eigenvalue weighted by molar-refractivity contribution is -0.137. The second-order valence-electron chi connectivity index (χ2n) is 9.31. The summed E-state index contributed by atoms with van der Waals surface area (Å²) >= 11 is 4.69. The maximum atomic E-state index is 13.0. The number of ether oxygens (including phenoxy) is 2. The molecule has 4 aromatic carbocycles. The van der Waals surface area contributed by atoms with Crippen molar-refractivity contribution in [3.63, 3.8) is 0 Å². The summed E-state index contributed by atoms with van der Waals surface area (Å²) < 4.78 is 51.1. The van der Waals surface area contributed by atoms with Crippen LogP contribution in [0.3, 0.4) is 0 Å². The van der Waals surface area contributed by atoms with Crippen molar-refractivity contribution < 1.29 is 27.4 Å². The van der Waals surface area contributed by atoms with E-state index in [1.165, 1.54) is 29.7 Å². The topological polar surface area (TPSA) is 84.8 Å². The van der Waals surface area contributed by atoms with Crippen molar-refractivity contribution >= 4 is 61.0 Å². The molecule has 5 rings (SSSR count). The molecule has 2 N–H and O–H groups in total. The molecule has 0 aliphatic rings. The minimum absolute atomic E-state index is 0.0653. The molecule has 0 saturated carbocycles. The number of halogens is 4. The van der Waals surface area contributed by atoms with E-state index in [1.54, 1.807) is 24.6 Å². The molecule has 43 heavy (non-hydrogen) atoms. The number of aromatic nitrogens is 1. The van der Waals surface area contributed by atoms with Crippen molar-refractivity contribution in [1.82, 2.24) is 10.4 Å². The van der Waals surface area contributed by atoms with Gasteiger partial charge in [-0.15, -0.1) is 11.3 Å². The van der Waals surface area contributed by atoms with Crippen LogP contribution in [0.15, 0.2) is 93.8 Å². The molecule has 0 fully saturated rings. The summed E-state index contributed by atoms with van der Waals surface area (Å²) in [6, 6.07) is 22.6. The first-order valence-corrected chi connectivity index (χ1v) is 14.5. The number of nitrogens with zero attached hydrogens (tertiary/aromatic N) is 2. The van der Waals surface area contributed by atoms with Gasteiger partial charge in [-0.1, -0.05) is 42.5 Å². The number of rotatable bonds is 10. The normalized spacial score (nSPS) is 11.6. The molecule has 12 heteroatoms. The minimum atomic E-state index is -4.45. The van der Waals surface area contributed by atoms with E-state index in [0.717, 1.165) is 28.5 Å². The second-order valence-corrected chi connectivity index (χ2v) is 11.0. The number of thiazole rings is 1. The second kappa shape index (κ2) is 13.3. The van der Waals surface area contributed by atoms with E-state index in [4.69, 9.17) is 9.47 Å². The summed E-state index contributed by atoms with van der Waals surface area (Å²) in [5.41, 5.74) is 4.06. The molecule has 1 aromatic heterocycles. The monoisotopic (exact) mass is 668 g/mol. The van der Waals surface area contributed by atoms with Gasteiger partial charge in [0.15, 0.2) is 16.6 Å². The molecular weight excluding hydrogens is 645 g/mol. The molecule has 1 heterocycles. The van der Waals surface area contributed by atoms with Crippen LogP contribution in [0.25, 0.3) is 10.8 Å². The molecule has 0 aliphatic carbocycles. The van der Waals surface area contributed by atoms with Gasteiger partial charge in [0, 0.05) is 21.1 Å². The minimum Gasteiger partial charge on any atom is -0.493 e. The highest BCUT2D eigenvalue weighted by atomic mass is 79.9. The van der Waals surface area contributed by atoms with Crippen molar-refractivity contribution in [1.29, 1.82) is 0 Å². The van der Waals surface area contributed by atoms with E-state index >= 15 is 0 Å². The fourth-order valence-corrected chi connectivity index (χ4v) is 5.29. The lowest BCUT2D eigenvalue weighted by atomic mass is 10.1. The highest BCUT2D eigenvalue weighted by Gasteiger charge is 2.30. The van der Waals surface area contributed by atoms with E-state index in [2.05, 4.69) is 61.0 Å². The number of nitrogens with one attached hydrogen (secondary N) is 2. The van der Waals surface area contributed by atoms with Crippen molar-refractivity contribution in [2.24, 2.45) is 5.10 Å². The Balaban J connectivity index is 1.16. The fraction of sp³-hybridized carbons (Fsp3) is 0.129. The van der Waals surface area contributed by atoms with Crippen LogP contribution < -0.4 is 20.2 Å². The van der Waals surface area contributed by atoms with Crippen LogP contribution in [0.2, 0.25) is 0 Å². The van der Waals surface area contributed by atoms with Crippen LogP contribution >= 0.6 is 27.3 Å².